The second-order valence-electron chi connectivity index (χ2n) is 17.0. The number of unbranched alkanes of at least 4 members (excludes halogenated alkanes) is 3. The summed E-state index contributed by atoms with van der Waals surface area (Å²) in [7, 11) is -4.24. The molecule has 0 aromatic heterocycles. The van der Waals surface area contributed by atoms with Crippen molar-refractivity contribution in [2.45, 2.75) is 162 Å². The van der Waals surface area contributed by atoms with Crippen LogP contribution in [0.1, 0.15) is 124 Å². The summed E-state index contributed by atoms with van der Waals surface area (Å²) in [6, 6.07) is 9.18. The van der Waals surface area contributed by atoms with Crippen molar-refractivity contribution in [3.05, 3.63) is 58.7 Å². The van der Waals surface area contributed by atoms with Gasteiger partial charge in [-0.2, -0.15) is 0 Å². The Morgan fingerprint density at radius 1 is 0.959 bits per heavy atom. The van der Waals surface area contributed by atoms with E-state index in [1.54, 1.807) is 23.9 Å². The van der Waals surface area contributed by atoms with Gasteiger partial charge in [0.1, 0.15) is 5.76 Å². The number of carboxylic acids is 1. The first-order valence-electron chi connectivity index (χ1n) is 18.6. The molecule has 1 aromatic rings. The van der Waals surface area contributed by atoms with E-state index in [-0.39, 0.29) is 40.6 Å². The molecular weight excluding hydrogens is 665 g/mol. The van der Waals surface area contributed by atoms with E-state index >= 15 is 0 Å². The SMILES string of the molecule is CCCC[C@@H](C)C[C@@H](/C=C/[C@@H]1C(SCCCCCC(=O)O)=C(OC(=O)c2ccccc2)C[C@H]1O[Si](C)(C)C(C)(C)C)O[Si](C)(C)C(C)(C)C. The normalized spacial score (nSPS) is 19.0. The van der Waals surface area contributed by atoms with Crippen molar-refractivity contribution < 1.29 is 28.3 Å². The molecule has 1 N–H and O–H groups in total. The number of rotatable bonds is 20. The van der Waals surface area contributed by atoms with E-state index in [1.165, 1.54) is 19.3 Å². The van der Waals surface area contributed by atoms with Gasteiger partial charge in [-0.1, -0.05) is 111 Å². The van der Waals surface area contributed by atoms with Crippen LogP contribution in [0.25, 0.3) is 0 Å². The Morgan fingerprint density at radius 2 is 1.59 bits per heavy atom. The Morgan fingerprint density at radius 3 is 2.16 bits per heavy atom. The fraction of sp³-hybridized carbons (Fsp3) is 0.700. The minimum atomic E-state index is -2.19. The van der Waals surface area contributed by atoms with E-state index in [4.69, 9.17) is 18.7 Å². The molecule has 0 saturated heterocycles. The zero-order valence-corrected chi connectivity index (χ0v) is 35.6. The van der Waals surface area contributed by atoms with Gasteiger partial charge < -0.3 is 18.7 Å². The van der Waals surface area contributed by atoms with Gasteiger partial charge in [-0.15, -0.1) is 11.8 Å². The van der Waals surface area contributed by atoms with Gasteiger partial charge >= 0.3 is 11.9 Å². The highest BCUT2D eigenvalue weighted by atomic mass is 32.2. The van der Waals surface area contributed by atoms with Crippen LogP contribution in [0.4, 0.5) is 0 Å². The number of carbonyl (C=O) groups is 2. The molecule has 49 heavy (non-hydrogen) atoms. The molecule has 0 aliphatic heterocycles. The van der Waals surface area contributed by atoms with Gasteiger partial charge in [0, 0.05) is 23.7 Å². The Balaban J connectivity index is 2.56. The molecule has 1 aliphatic rings. The first-order valence-corrected chi connectivity index (χ1v) is 25.4. The van der Waals surface area contributed by atoms with Crippen molar-refractivity contribution >= 4 is 40.3 Å². The molecule has 0 fully saturated rings. The number of esters is 1. The summed E-state index contributed by atoms with van der Waals surface area (Å²) in [5.74, 6) is 0.871. The molecule has 6 nitrogen and oxygen atoms in total. The number of hydrogen-bond acceptors (Lipinski definition) is 6. The quantitative estimate of drug-likeness (QED) is 0.0618. The molecule has 4 atom stereocenters. The summed E-state index contributed by atoms with van der Waals surface area (Å²) in [4.78, 5) is 25.5. The van der Waals surface area contributed by atoms with Crippen molar-refractivity contribution in [2.75, 3.05) is 5.75 Å². The molecule has 278 valence electrons. The highest BCUT2D eigenvalue weighted by molar-refractivity contribution is 8.03. The van der Waals surface area contributed by atoms with Crippen LogP contribution in [0.3, 0.4) is 0 Å². The number of thioether (sulfide) groups is 1. The Labute approximate surface area is 305 Å². The maximum absolute atomic E-state index is 13.4. The number of aliphatic carboxylic acids is 1. The number of ether oxygens (including phenoxy) is 1. The van der Waals surface area contributed by atoms with E-state index < -0.39 is 22.6 Å². The molecule has 9 heteroatoms. The second-order valence-corrected chi connectivity index (χ2v) is 27.7. The fourth-order valence-corrected chi connectivity index (χ4v) is 9.33. The van der Waals surface area contributed by atoms with Gasteiger partial charge in [-0.05, 0) is 79.3 Å². The molecule has 1 aromatic carbocycles. The van der Waals surface area contributed by atoms with E-state index in [9.17, 15) is 9.59 Å². The maximum atomic E-state index is 13.4. The first kappa shape index (κ1) is 43.5. The maximum Gasteiger partial charge on any atom is 0.343 e. The minimum Gasteiger partial charge on any atom is -0.481 e. The van der Waals surface area contributed by atoms with E-state index in [0.717, 1.165) is 29.9 Å². The topological polar surface area (TPSA) is 82.1 Å². The monoisotopic (exact) mass is 732 g/mol. The molecule has 0 heterocycles. The van der Waals surface area contributed by atoms with Gasteiger partial charge in [0.15, 0.2) is 16.6 Å². The van der Waals surface area contributed by atoms with Crippen LogP contribution in [0.15, 0.2) is 53.1 Å². The third-order valence-corrected chi connectivity index (χ3v) is 20.9. The number of carbonyl (C=O) groups excluding carboxylic acids is 1. The third kappa shape index (κ3) is 14.1. The number of benzene rings is 1. The second kappa shape index (κ2) is 19.3. The van der Waals surface area contributed by atoms with Crippen LogP contribution in [0, 0.1) is 11.8 Å². The van der Waals surface area contributed by atoms with Crippen LogP contribution in [0.5, 0.6) is 0 Å². The standard InChI is InChI=1S/C40H68O6SSi2/c1-13-14-21-30(2)28-32(45-48(9,10)39(3,4)5)25-26-33-34(46-49(11,12)40(6,7)8)29-35(44-38(43)31-22-17-15-18-23-31)37(33)47-27-20-16-19-24-36(41)42/h15,17-18,22-23,25-26,30,32-34H,13-14,16,19-21,24,27-29H2,1-12H3,(H,41,42)/b26-25+/t30-,32-,33+,34-/m1/s1. The molecule has 0 spiro atoms. The summed E-state index contributed by atoms with van der Waals surface area (Å²) >= 11 is 1.73. The highest BCUT2D eigenvalue weighted by Crippen LogP contribution is 2.47. The molecule has 1 aliphatic carbocycles. The summed E-state index contributed by atoms with van der Waals surface area (Å²) in [5, 5.41) is 9.21. The Hall–Kier alpha value is -1.66. The summed E-state index contributed by atoms with van der Waals surface area (Å²) in [6.45, 7) is 27.5. The van der Waals surface area contributed by atoms with E-state index in [1.807, 2.05) is 18.2 Å². The van der Waals surface area contributed by atoms with Crippen molar-refractivity contribution in [3.8, 4) is 0 Å². The minimum absolute atomic E-state index is 0.0144. The van der Waals surface area contributed by atoms with Crippen LogP contribution >= 0.6 is 11.8 Å². The summed E-state index contributed by atoms with van der Waals surface area (Å²) in [5.41, 5.74) is 0.526. The predicted molar refractivity (Wildman–Crippen MR) is 212 cm³/mol. The lowest BCUT2D eigenvalue weighted by molar-refractivity contribution is -0.137. The molecular formula is C40H68O6SSi2. The fourth-order valence-electron chi connectivity index (χ4n) is 5.43. The lowest BCUT2D eigenvalue weighted by atomic mass is 9.96. The summed E-state index contributed by atoms with van der Waals surface area (Å²) < 4.78 is 20.5. The molecule has 0 saturated carbocycles. The van der Waals surface area contributed by atoms with Gasteiger partial charge in [0.05, 0.1) is 17.8 Å². The third-order valence-electron chi connectivity index (χ3n) is 10.6. The number of hydrogen-bond donors (Lipinski definition) is 1. The van der Waals surface area contributed by atoms with E-state index in [0.29, 0.717) is 30.1 Å². The Kier molecular flexibility index (Phi) is 17.1. The van der Waals surface area contributed by atoms with Crippen molar-refractivity contribution in [2.24, 2.45) is 11.8 Å². The van der Waals surface area contributed by atoms with Crippen molar-refractivity contribution in [3.63, 3.8) is 0 Å². The van der Waals surface area contributed by atoms with Crippen molar-refractivity contribution in [1.29, 1.82) is 0 Å². The van der Waals surface area contributed by atoms with Gasteiger partial charge in [-0.3, -0.25) is 4.79 Å². The molecule has 0 amide bonds. The zero-order valence-electron chi connectivity index (χ0n) is 32.8. The average Bonchev–Trinajstić information content (AvgIpc) is 3.29. The molecule has 2 rings (SSSR count). The molecule has 0 unspecified atom stereocenters. The predicted octanol–water partition coefficient (Wildman–Crippen LogP) is 12.0. The first-order chi connectivity index (χ1) is 22.7. The zero-order chi connectivity index (χ0) is 37.0. The molecule has 0 radical (unpaired) electrons. The molecule has 0 bridgehead atoms. The summed E-state index contributed by atoms with van der Waals surface area (Å²) in [6.07, 6.45) is 12.1. The highest BCUT2D eigenvalue weighted by Gasteiger charge is 2.45. The smallest absolute Gasteiger partial charge is 0.343 e. The van der Waals surface area contributed by atoms with Gasteiger partial charge in [0.25, 0.3) is 0 Å². The largest absolute Gasteiger partial charge is 0.481 e. The van der Waals surface area contributed by atoms with E-state index in [2.05, 4.69) is 93.7 Å². The van der Waals surface area contributed by atoms with Crippen LogP contribution < -0.4 is 0 Å². The average molecular weight is 733 g/mol. The van der Waals surface area contributed by atoms with Crippen LogP contribution in [-0.4, -0.2) is 51.6 Å². The van der Waals surface area contributed by atoms with Crippen molar-refractivity contribution in [1.82, 2.24) is 0 Å². The lowest BCUT2D eigenvalue weighted by Gasteiger charge is -2.40. The van der Waals surface area contributed by atoms with Gasteiger partial charge in [-0.25, -0.2) is 4.79 Å². The van der Waals surface area contributed by atoms with Crippen LogP contribution in [0.2, 0.25) is 36.3 Å². The lowest BCUT2D eigenvalue weighted by Crippen LogP contribution is -2.45. The number of carboxylic acid groups (broad SMARTS) is 1. The van der Waals surface area contributed by atoms with Crippen LogP contribution in [-0.2, 0) is 18.4 Å². The van der Waals surface area contributed by atoms with Gasteiger partial charge in [0.2, 0.25) is 0 Å². The Bertz CT molecular complexity index is 1250.